The van der Waals surface area contributed by atoms with Gasteiger partial charge in [-0.1, -0.05) is 36.0 Å². The number of thioether (sulfide) groups is 1. The average molecular weight is 359 g/mol. The van der Waals surface area contributed by atoms with Crippen molar-refractivity contribution in [1.29, 1.82) is 0 Å². The first-order valence-electron chi connectivity index (χ1n) is 7.71. The van der Waals surface area contributed by atoms with Crippen LogP contribution in [0.3, 0.4) is 0 Å². The van der Waals surface area contributed by atoms with Crippen LogP contribution in [0.25, 0.3) is 0 Å². The van der Waals surface area contributed by atoms with Crippen LogP contribution in [0.5, 0.6) is 11.5 Å². The summed E-state index contributed by atoms with van der Waals surface area (Å²) in [7, 11) is 0. The Balaban J connectivity index is 1.54. The number of hydrogen-bond acceptors (Lipinski definition) is 6. The van der Waals surface area contributed by atoms with Gasteiger partial charge in [-0.05, 0) is 41.8 Å². The van der Waals surface area contributed by atoms with Gasteiger partial charge in [-0.3, -0.25) is 14.9 Å². The van der Waals surface area contributed by atoms with Crippen LogP contribution in [0.4, 0.5) is 4.79 Å². The molecule has 2 aromatic rings. The maximum absolute atomic E-state index is 11.6. The minimum atomic E-state index is -0.851. The van der Waals surface area contributed by atoms with E-state index in [4.69, 9.17) is 4.74 Å². The highest BCUT2D eigenvalue weighted by Crippen LogP contribution is 2.24. The Morgan fingerprint density at radius 1 is 1.16 bits per heavy atom. The van der Waals surface area contributed by atoms with Gasteiger partial charge in [0.05, 0.1) is 5.25 Å². The topological polar surface area (TPSA) is 95.9 Å². The summed E-state index contributed by atoms with van der Waals surface area (Å²) < 4.78 is 5.55. The number of phenols is 1. The molecule has 0 aromatic heterocycles. The quantitative estimate of drug-likeness (QED) is 0.733. The molecular formula is C18H17NO5S. The van der Waals surface area contributed by atoms with Crippen molar-refractivity contribution in [1.82, 2.24) is 5.32 Å². The summed E-state index contributed by atoms with van der Waals surface area (Å²) in [6.07, 6.45) is -0.384. The van der Waals surface area contributed by atoms with E-state index in [1.54, 1.807) is 24.3 Å². The number of phenolic OH excluding ortho intramolecular Hbond substituents is 1. The minimum Gasteiger partial charge on any atom is -0.508 e. The van der Waals surface area contributed by atoms with Gasteiger partial charge in [-0.25, -0.2) is 0 Å². The molecular weight excluding hydrogens is 342 g/mol. The van der Waals surface area contributed by atoms with Gasteiger partial charge in [0.1, 0.15) is 24.2 Å². The molecule has 2 aromatic carbocycles. The zero-order chi connectivity index (χ0) is 17.8. The van der Waals surface area contributed by atoms with Crippen LogP contribution in [0, 0.1) is 0 Å². The first-order chi connectivity index (χ1) is 12.0. The number of imide groups is 1. The smallest absolute Gasteiger partial charge is 0.286 e. The summed E-state index contributed by atoms with van der Waals surface area (Å²) in [6.45, 7) is 0.0538. The van der Waals surface area contributed by atoms with Gasteiger partial charge in [0, 0.05) is 0 Å². The van der Waals surface area contributed by atoms with Crippen molar-refractivity contribution in [3.63, 3.8) is 0 Å². The van der Waals surface area contributed by atoms with E-state index in [2.05, 4.69) is 5.32 Å². The number of carbonyl (C=O) groups excluding carboxylic acids is 2. The molecule has 3 rings (SSSR count). The van der Waals surface area contributed by atoms with E-state index in [1.807, 2.05) is 12.1 Å². The number of rotatable bonds is 6. The summed E-state index contributed by atoms with van der Waals surface area (Å²) in [5.41, 5.74) is 1.49. The Kier molecular flexibility index (Phi) is 5.25. The molecule has 0 spiro atoms. The fourth-order valence-electron chi connectivity index (χ4n) is 2.47. The first-order valence-corrected chi connectivity index (χ1v) is 8.59. The molecule has 0 aliphatic carbocycles. The summed E-state index contributed by atoms with van der Waals surface area (Å²) in [6, 6.07) is 13.6. The molecule has 130 valence electrons. The zero-order valence-corrected chi connectivity index (χ0v) is 14.0. The largest absolute Gasteiger partial charge is 0.508 e. The third-order valence-electron chi connectivity index (χ3n) is 3.77. The lowest BCUT2D eigenvalue weighted by atomic mass is 10.1. The summed E-state index contributed by atoms with van der Waals surface area (Å²) in [4.78, 5) is 22.7. The van der Waals surface area contributed by atoms with Gasteiger partial charge in [-0.2, -0.15) is 0 Å². The Hall–Kier alpha value is -2.51. The normalized spacial score (nSPS) is 18.0. The maximum Gasteiger partial charge on any atom is 0.286 e. The third-order valence-corrected chi connectivity index (χ3v) is 4.76. The zero-order valence-electron chi connectivity index (χ0n) is 13.2. The summed E-state index contributed by atoms with van der Waals surface area (Å²) >= 11 is 1.00. The Morgan fingerprint density at radius 2 is 1.92 bits per heavy atom. The molecule has 2 amide bonds. The predicted molar refractivity (Wildman–Crippen MR) is 93.6 cm³/mol. The summed E-state index contributed by atoms with van der Waals surface area (Å²) in [5.74, 6) is 0.417. The van der Waals surface area contributed by atoms with Gasteiger partial charge in [0.15, 0.2) is 0 Å². The fraction of sp³-hybridized carbons (Fsp3) is 0.222. The number of amides is 2. The second kappa shape index (κ2) is 7.58. The molecule has 0 radical (unpaired) electrons. The minimum absolute atomic E-state index is 0.0538. The van der Waals surface area contributed by atoms with Crippen molar-refractivity contribution in [3.05, 3.63) is 59.7 Å². The average Bonchev–Trinajstić information content (AvgIpc) is 2.91. The lowest BCUT2D eigenvalue weighted by Gasteiger charge is -2.13. The van der Waals surface area contributed by atoms with Crippen molar-refractivity contribution in [2.45, 2.75) is 17.8 Å². The molecule has 7 heteroatoms. The number of carbonyl (C=O) groups is 2. The third kappa shape index (κ3) is 4.52. The van der Waals surface area contributed by atoms with Crippen LogP contribution in [0.2, 0.25) is 0 Å². The van der Waals surface area contributed by atoms with E-state index < -0.39 is 11.4 Å². The Labute approximate surface area is 148 Å². The second-order valence-electron chi connectivity index (χ2n) is 5.65. The van der Waals surface area contributed by atoms with Crippen molar-refractivity contribution in [3.8, 4) is 11.5 Å². The SMILES string of the molecule is O=C1NC(=O)C(Cc2ccc(OC[C@H](O)c3cccc(O)c3)cc2)S1. The lowest BCUT2D eigenvalue weighted by molar-refractivity contribution is -0.118. The van der Waals surface area contributed by atoms with Crippen LogP contribution in [0.15, 0.2) is 48.5 Å². The van der Waals surface area contributed by atoms with Crippen LogP contribution in [0.1, 0.15) is 17.2 Å². The highest BCUT2D eigenvalue weighted by molar-refractivity contribution is 8.15. The van der Waals surface area contributed by atoms with E-state index in [1.165, 1.54) is 12.1 Å². The highest BCUT2D eigenvalue weighted by Gasteiger charge is 2.31. The molecule has 1 unspecified atom stereocenters. The van der Waals surface area contributed by atoms with Gasteiger partial charge in [0.2, 0.25) is 5.91 Å². The van der Waals surface area contributed by atoms with Gasteiger partial charge >= 0.3 is 0 Å². The van der Waals surface area contributed by atoms with Crippen LogP contribution >= 0.6 is 11.8 Å². The van der Waals surface area contributed by atoms with Crippen molar-refractivity contribution in [2.24, 2.45) is 0 Å². The lowest BCUT2D eigenvalue weighted by Crippen LogP contribution is -2.25. The van der Waals surface area contributed by atoms with Gasteiger partial charge in [0.25, 0.3) is 5.24 Å². The van der Waals surface area contributed by atoms with E-state index >= 15 is 0 Å². The monoisotopic (exact) mass is 359 g/mol. The number of ether oxygens (including phenoxy) is 1. The number of benzene rings is 2. The van der Waals surface area contributed by atoms with E-state index in [9.17, 15) is 19.8 Å². The number of nitrogens with one attached hydrogen (secondary N) is 1. The molecule has 0 saturated carbocycles. The number of aliphatic hydroxyl groups is 1. The fourth-order valence-corrected chi connectivity index (χ4v) is 3.33. The predicted octanol–water partition coefficient (Wildman–Crippen LogP) is 2.40. The van der Waals surface area contributed by atoms with E-state index in [0.29, 0.717) is 17.7 Å². The molecule has 1 aliphatic heterocycles. The van der Waals surface area contributed by atoms with Crippen molar-refractivity contribution in [2.75, 3.05) is 6.61 Å². The summed E-state index contributed by atoms with van der Waals surface area (Å²) in [5, 5.41) is 21.1. The van der Waals surface area contributed by atoms with Crippen molar-refractivity contribution >= 4 is 22.9 Å². The molecule has 2 atom stereocenters. The maximum atomic E-state index is 11.6. The molecule has 1 aliphatic rings. The second-order valence-corrected chi connectivity index (χ2v) is 6.83. The molecule has 25 heavy (non-hydrogen) atoms. The van der Waals surface area contributed by atoms with Gasteiger partial charge < -0.3 is 14.9 Å². The standard InChI is InChI=1S/C18H17NO5S/c20-13-3-1-2-12(9-13)15(21)10-24-14-6-4-11(5-7-14)8-16-17(22)19-18(23)25-16/h1-7,9,15-16,20-21H,8,10H2,(H,19,22,23)/t15-,16?/m0/s1. The molecule has 1 saturated heterocycles. The van der Waals surface area contributed by atoms with Gasteiger partial charge in [-0.15, -0.1) is 0 Å². The molecule has 0 bridgehead atoms. The molecule has 1 fully saturated rings. The number of aliphatic hydroxyl groups excluding tert-OH is 1. The van der Waals surface area contributed by atoms with E-state index in [-0.39, 0.29) is 23.5 Å². The van der Waals surface area contributed by atoms with E-state index in [0.717, 1.165) is 17.3 Å². The number of hydrogen-bond donors (Lipinski definition) is 3. The molecule has 1 heterocycles. The highest BCUT2D eigenvalue weighted by atomic mass is 32.2. The Morgan fingerprint density at radius 3 is 2.56 bits per heavy atom. The van der Waals surface area contributed by atoms with Crippen molar-refractivity contribution < 1.29 is 24.5 Å². The van der Waals surface area contributed by atoms with Crippen LogP contribution in [-0.4, -0.2) is 33.2 Å². The van der Waals surface area contributed by atoms with Crippen LogP contribution < -0.4 is 10.1 Å². The first kappa shape index (κ1) is 17.3. The van der Waals surface area contributed by atoms with Crippen LogP contribution in [-0.2, 0) is 11.2 Å². The molecule has 3 N–H and O–H groups in total. The molecule has 6 nitrogen and oxygen atoms in total. The number of aromatic hydroxyl groups is 1. The Bertz CT molecular complexity index is 777.